The summed E-state index contributed by atoms with van der Waals surface area (Å²) in [5.41, 5.74) is 8.30. The van der Waals surface area contributed by atoms with Crippen LogP contribution in [-0.4, -0.2) is 50.5 Å². The fraction of sp³-hybridized carbons (Fsp3) is 0.357. The van der Waals surface area contributed by atoms with E-state index in [4.69, 9.17) is 10.2 Å². The van der Waals surface area contributed by atoms with Crippen molar-refractivity contribution in [2.45, 2.75) is 51.6 Å². The second-order valence-corrected chi connectivity index (χ2v) is 11.0. The average molecular weight is 546 g/mol. The molecule has 1 aliphatic rings. The molecular formula is C28H31N7O3S. The van der Waals surface area contributed by atoms with Crippen LogP contribution in [0.2, 0.25) is 0 Å². The highest BCUT2D eigenvalue weighted by Gasteiger charge is 2.34. The van der Waals surface area contributed by atoms with Crippen molar-refractivity contribution < 1.29 is 14.0 Å². The van der Waals surface area contributed by atoms with Crippen molar-refractivity contribution in [2.75, 3.05) is 18.5 Å². The van der Waals surface area contributed by atoms with Gasteiger partial charge in [-0.15, -0.1) is 21.5 Å². The van der Waals surface area contributed by atoms with E-state index in [1.807, 2.05) is 54.5 Å². The standard InChI is InChI=1S/C28H31N7O3S/c1-17-16-39-25(30-17)22-11-8-12-35(22)26(37)20-13-21(31-23(14-20)34(4)18(2)36)24-32-33-27(38-24)28(3,29)15-19-9-6-5-7-10-19/h5-7,9-10,13-14,16,22H,8,11-12,15,29H2,1-4H3/t22-,28-/m1/s1. The fourth-order valence-corrected chi connectivity index (χ4v) is 5.64. The molecule has 4 aromatic rings. The van der Waals surface area contributed by atoms with Crippen molar-refractivity contribution in [1.29, 1.82) is 0 Å². The molecule has 1 saturated heterocycles. The van der Waals surface area contributed by atoms with Crippen LogP contribution in [0.4, 0.5) is 5.82 Å². The van der Waals surface area contributed by atoms with E-state index in [0.29, 0.717) is 30.0 Å². The second-order valence-electron chi connectivity index (χ2n) is 10.2. The third-order valence-electron chi connectivity index (χ3n) is 6.86. The van der Waals surface area contributed by atoms with Gasteiger partial charge in [-0.05, 0) is 50.8 Å². The molecule has 0 bridgehead atoms. The number of anilines is 1. The molecule has 202 valence electrons. The van der Waals surface area contributed by atoms with Crippen LogP contribution < -0.4 is 10.6 Å². The highest BCUT2D eigenvalue weighted by atomic mass is 32.1. The third-order valence-corrected chi connectivity index (χ3v) is 7.92. The van der Waals surface area contributed by atoms with Gasteiger partial charge in [0.2, 0.25) is 11.8 Å². The predicted molar refractivity (Wildman–Crippen MR) is 148 cm³/mol. The first-order valence-electron chi connectivity index (χ1n) is 12.8. The van der Waals surface area contributed by atoms with Gasteiger partial charge in [0.05, 0.1) is 11.6 Å². The number of benzene rings is 1. The lowest BCUT2D eigenvalue weighted by molar-refractivity contribution is -0.116. The number of nitrogens with zero attached hydrogens (tertiary/aromatic N) is 6. The Kier molecular flexibility index (Phi) is 7.28. The molecule has 5 rings (SSSR count). The van der Waals surface area contributed by atoms with Crippen LogP contribution in [-0.2, 0) is 16.8 Å². The van der Waals surface area contributed by atoms with Crippen molar-refractivity contribution in [3.8, 4) is 11.6 Å². The van der Waals surface area contributed by atoms with Gasteiger partial charge in [-0.1, -0.05) is 30.3 Å². The van der Waals surface area contributed by atoms with E-state index >= 15 is 0 Å². The number of rotatable bonds is 7. The number of pyridine rings is 1. The number of carbonyl (C=O) groups excluding carboxylic acids is 2. The molecule has 2 amide bonds. The maximum absolute atomic E-state index is 13.8. The van der Waals surface area contributed by atoms with E-state index in [2.05, 4.69) is 20.2 Å². The predicted octanol–water partition coefficient (Wildman–Crippen LogP) is 4.27. The van der Waals surface area contributed by atoms with E-state index in [1.165, 1.54) is 11.8 Å². The average Bonchev–Trinajstić information content (AvgIpc) is 3.68. The molecule has 10 nitrogen and oxygen atoms in total. The quantitative estimate of drug-likeness (QED) is 0.364. The van der Waals surface area contributed by atoms with Crippen LogP contribution in [0.25, 0.3) is 11.6 Å². The number of aryl methyl sites for hydroxylation is 1. The molecule has 4 heterocycles. The van der Waals surface area contributed by atoms with Gasteiger partial charge in [0.15, 0.2) is 0 Å². The van der Waals surface area contributed by atoms with Gasteiger partial charge in [-0.25, -0.2) is 9.97 Å². The molecule has 1 fully saturated rings. The summed E-state index contributed by atoms with van der Waals surface area (Å²) in [6, 6.07) is 13.0. The van der Waals surface area contributed by atoms with Gasteiger partial charge in [0, 0.05) is 37.2 Å². The van der Waals surface area contributed by atoms with Gasteiger partial charge >= 0.3 is 0 Å². The number of carbonyl (C=O) groups is 2. The van der Waals surface area contributed by atoms with Crippen LogP contribution in [0.1, 0.15) is 65.2 Å². The zero-order valence-corrected chi connectivity index (χ0v) is 23.2. The summed E-state index contributed by atoms with van der Waals surface area (Å²) in [5.74, 6) is 0.290. The van der Waals surface area contributed by atoms with E-state index in [1.54, 1.807) is 30.5 Å². The molecular weight excluding hydrogens is 514 g/mol. The maximum Gasteiger partial charge on any atom is 0.266 e. The largest absolute Gasteiger partial charge is 0.417 e. The number of nitrogens with two attached hydrogens (primary N) is 1. The van der Waals surface area contributed by atoms with Gasteiger partial charge in [0.1, 0.15) is 16.5 Å². The van der Waals surface area contributed by atoms with E-state index in [-0.39, 0.29) is 29.6 Å². The van der Waals surface area contributed by atoms with E-state index in [9.17, 15) is 9.59 Å². The fourth-order valence-electron chi connectivity index (χ4n) is 4.69. The Hall–Kier alpha value is -3.96. The van der Waals surface area contributed by atoms with Crippen LogP contribution in [0, 0.1) is 6.92 Å². The van der Waals surface area contributed by atoms with Gasteiger partial charge in [0.25, 0.3) is 11.8 Å². The first-order chi connectivity index (χ1) is 18.6. The molecule has 0 unspecified atom stereocenters. The molecule has 2 atom stereocenters. The van der Waals surface area contributed by atoms with E-state index < -0.39 is 5.54 Å². The first-order valence-corrected chi connectivity index (χ1v) is 13.7. The molecule has 39 heavy (non-hydrogen) atoms. The third kappa shape index (κ3) is 5.59. The summed E-state index contributed by atoms with van der Waals surface area (Å²) in [7, 11) is 1.61. The van der Waals surface area contributed by atoms with Crippen LogP contribution in [0.3, 0.4) is 0 Å². The smallest absolute Gasteiger partial charge is 0.266 e. The van der Waals surface area contributed by atoms with Crippen LogP contribution in [0.5, 0.6) is 0 Å². The number of hydrogen-bond acceptors (Lipinski definition) is 9. The zero-order chi connectivity index (χ0) is 27.7. The summed E-state index contributed by atoms with van der Waals surface area (Å²) in [6.07, 6.45) is 2.23. The van der Waals surface area contributed by atoms with Crippen LogP contribution in [0.15, 0.2) is 52.3 Å². The molecule has 0 saturated carbocycles. The number of hydrogen-bond donors (Lipinski definition) is 1. The lowest BCUT2D eigenvalue weighted by Gasteiger charge is -2.24. The number of amides is 2. The van der Waals surface area contributed by atoms with E-state index in [0.717, 1.165) is 29.1 Å². The van der Waals surface area contributed by atoms with Crippen molar-refractivity contribution in [2.24, 2.45) is 5.73 Å². The summed E-state index contributed by atoms with van der Waals surface area (Å²) in [5, 5.41) is 11.3. The molecule has 11 heteroatoms. The Morgan fingerprint density at radius 3 is 2.67 bits per heavy atom. The minimum atomic E-state index is -0.923. The highest BCUT2D eigenvalue weighted by molar-refractivity contribution is 7.09. The molecule has 0 spiro atoms. The van der Waals surface area contributed by atoms with Gasteiger partial charge in [-0.2, -0.15) is 0 Å². The molecule has 3 aromatic heterocycles. The summed E-state index contributed by atoms with van der Waals surface area (Å²) >= 11 is 1.57. The Labute approximate surface area is 230 Å². The minimum Gasteiger partial charge on any atom is -0.417 e. The Bertz CT molecular complexity index is 1500. The number of likely N-dealkylation sites (tertiary alicyclic amines) is 1. The zero-order valence-electron chi connectivity index (χ0n) is 22.4. The lowest BCUT2D eigenvalue weighted by atomic mass is 9.94. The van der Waals surface area contributed by atoms with Gasteiger partial charge in [-0.3, -0.25) is 9.59 Å². The van der Waals surface area contributed by atoms with Crippen molar-refractivity contribution in [3.63, 3.8) is 0 Å². The topological polar surface area (TPSA) is 131 Å². The molecule has 0 radical (unpaired) electrons. The maximum atomic E-state index is 13.8. The minimum absolute atomic E-state index is 0.0901. The molecule has 0 aliphatic carbocycles. The Morgan fingerprint density at radius 1 is 1.21 bits per heavy atom. The highest BCUT2D eigenvalue weighted by Crippen LogP contribution is 2.36. The lowest BCUT2D eigenvalue weighted by Crippen LogP contribution is -2.35. The Morgan fingerprint density at radius 2 is 1.97 bits per heavy atom. The summed E-state index contributed by atoms with van der Waals surface area (Å²) in [6.45, 7) is 5.83. The normalized spacial score (nSPS) is 16.7. The second kappa shape index (κ2) is 10.7. The molecule has 1 aromatic carbocycles. The summed E-state index contributed by atoms with van der Waals surface area (Å²) < 4.78 is 6.01. The first kappa shape index (κ1) is 26.6. The summed E-state index contributed by atoms with van der Waals surface area (Å²) in [4.78, 5) is 38.4. The van der Waals surface area contributed by atoms with Crippen molar-refractivity contribution in [3.05, 3.63) is 75.6 Å². The van der Waals surface area contributed by atoms with Crippen molar-refractivity contribution in [1.82, 2.24) is 25.1 Å². The van der Waals surface area contributed by atoms with Gasteiger partial charge < -0.3 is 20.0 Å². The Balaban J connectivity index is 1.49. The molecule has 1 aliphatic heterocycles. The number of thiazole rings is 1. The number of aromatic nitrogens is 4. The monoisotopic (exact) mass is 545 g/mol. The van der Waals surface area contributed by atoms with Crippen LogP contribution >= 0.6 is 11.3 Å². The van der Waals surface area contributed by atoms with Crippen molar-refractivity contribution >= 4 is 29.0 Å². The molecule has 2 N–H and O–H groups in total. The SMILES string of the molecule is CC(=O)N(C)c1cc(C(=O)N2CCC[C@@H]2c2nc(C)cs2)cc(-c2nnc([C@](C)(N)Cc3ccccc3)o2)n1.